The van der Waals surface area contributed by atoms with Crippen LogP contribution in [0, 0.1) is 11.3 Å². The predicted molar refractivity (Wildman–Crippen MR) is 114 cm³/mol. The van der Waals surface area contributed by atoms with E-state index < -0.39 is 0 Å². The molecule has 1 aliphatic heterocycles. The van der Waals surface area contributed by atoms with Crippen LogP contribution in [0.15, 0.2) is 58.3 Å². The summed E-state index contributed by atoms with van der Waals surface area (Å²) < 4.78 is 7.52. The molecule has 3 heterocycles. The molecule has 0 bridgehead atoms. The lowest BCUT2D eigenvalue weighted by atomic mass is 10.3. The fraction of sp³-hybridized carbons (Fsp3) is 0.333. The van der Waals surface area contributed by atoms with Gasteiger partial charge in [-0.1, -0.05) is 30.0 Å². The maximum absolute atomic E-state index is 12.9. The molecule has 0 unspecified atom stereocenters. The highest BCUT2D eigenvalue weighted by Crippen LogP contribution is 2.26. The van der Waals surface area contributed by atoms with Crippen molar-refractivity contribution >= 4 is 29.3 Å². The Kier molecular flexibility index (Phi) is 6.35. The molecule has 1 aromatic carbocycles. The number of nitriles is 1. The van der Waals surface area contributed by atoms with Crippen molar-refractivity contribution in [1.82, 2.24) is 14.8 Å². The van der Waals surface area contributed by atoms with E-state index in [4.69, 9.17) is 9.68 Å². The van der Waals surface area contributed by atoms with Crippen molar-refractivity contribution in [2.24, 2.45) is 0 Å². The quantitative estimate of drug-likeness (QED) is 0.407. The van der Waals surface area contributed by atoms with Gasteiger partial charge in [0.05, 0.1) is 24.6 Å². The Bertz CT molecular complexity index is 1010. The van der Waals surface area contributed by atoms with Gasteiger partial charge in [-0.3, -0.25) is 14.3 Å². The molecular formula is C21H22N6O2S. The topological polar surface area (TPSA) is 91.2 Å². The van der Waals surface area contributed by atoms with Gasteiger partial charge < -0.3 is 9.32 Å². The zero-order valence-electron chi connectivity index (χ0n) is 16.5. The molecular weight excluding hydrogens is 400 g/mol. The van der Waals surface area contributed by atoms with Crippen LogP contribution >= 0.6 is 11.8 Å². The fourth-order valence-corrected chi connectivity index (χ4v) is 4.25. The number of anilines is 2. The molecule has 4 rings (SSSR count). The van der Waals surface area contributed by atoms with E-state index in [1.54, 1.807) is 6.26 Å². The second-order valence-electron chi connectivity index (χ2n) is 6.90. The molecule has 0 aliphatic carbocycles. The minimum atomic E-state index is -0.150. The Hall–Kier alpha value is -3.25. The van der Waals surface area contributed by atoms with Crippen molar-refractivity contribution in [3.63, 3.8) is 0 Å². The van der Waals surface area contributed by atoms with Gasteiger partial charge in [-0.2, -0.15) is 5.26 Å². The summed E-state index contributed by atoms with van der Waals surface area (Å²) in [4.78, 5) is 16.6. The monoisotopic (exact) mass is 422 g/mol. The molecule has 2 aromatic heterocycles. The summed E-state index contributed by atoms with van der Waals surface area (Å²) in [5, 5.41) is 18.6. The first-order chi connectivity index (χ1) is 14.8. The van der Waals surface area contributed by atoms with E-state index >= 15 is 0 Å². The van der Waals surface area contributed by atoms with E-state index in [-0.39, 0.29) is 18.2 Å². The van der Waals surface area contributed by atoms with E-state index in [1.807, 2.05) is 47.0 Å². The van der Waals surface area contributed by atoms with Crippen molar-refractivity contribution in [1.29, 1.82) is 5.26 Å². The zero-order chi connectivity index (χ0) is 20.8. The molecule has 0 N–H and O–H groups in total. The van der Waals surface area contributed by atoms with Gasteiger partial charge >= 0.3 is 0 Å². The number of nitrogens with zero attached hydrogens (tertiary/aromatic N) is 6. The number of rotatable bonds is 8. The van der Waals surface area contributed by atoms with Gasteiger partial charge in [-0.15, -0.1) is 10.2 Å². The first-order valence-corrected chi connectivity index (χ1v) is 10.8. The summed E-state index contributed by atoms with van der Waals surface area (Å²) in [5.74, 6) is 1.62. The van der Waals surface area contributed by atoms with Gasteiger partial charge in [0.25, 0.3) is 0 Å². The lowest BCUT2D eigenvalue weighted by molar-refractivity contribution is -0.116. The highest BCUT2D eigenvalue weighted by molar-refractivity contribution is 7.99. The Balaban J connectivity index is 1.52. The summed E-state index contributed by atoms with van der Waals surface area (Å²) in [6.45, 7) is 2.40. The van der Waals surface area contributed by atoms with Gasteiger partial charge in [0.15, 0.2) is 5.16 Å². The van der Waals surface area contributed by atoms with E-state index in [0.29, 0.717) is 17.4 Å². The third-order valence-electron chi connectivity index (χ3n) is 4.90. The maximum Gasteiger partial charge on any atom is 0.238 e. The standard InChI is InChI=1S/C21H22N6O2S/c22-10-13-26(17-7-2-1-3-8-17)19(28)16-30-21-24-23-20(25-11-4-5-12-25)27(21)15-18-9-6-14-29-18/h1-3,6-9,14H,4-5,11-13,15-16H2. The molecule has 9 heteroatoms. The van der Waals surface area contributed by atoms with E-state index in [9.17, 15) is 4.79 Å². The molecule has 0 saturated carbocycles. The first-order valence-electron chi connectivity index (χ1n) is 9.82. The Morgan fingerprint density at radius 1 is 1.17 bits per heavy atom. The van der Waals surface area contributed by atoms with Gasteiger partial charge in [-0.25, -0.2) is 0 Å². The van der Waals surface area contributed by atoms with Gasteiger partial charge in [0.1, 0.15) is 12.3 Å². The van der Waals surface area contributed by atoms with Crippen molar-refractivity contribution in [2.75, 3.05) is 35.2 Å². The molecule has 0 spiro atoms. The van der Waals surface area contributed by atoms with Crippen LogP contribution in [0.1, 0.15) is 18.6 Å². The van der Waals surface area contributed by atoms with Crippen LogP contribution in [0.4, 0.5) is 11.6 Å². The van der Waals surface area contributed by atoms with Crippen molar-refractivity contribution in [3.8, 4) is 6.07 Å². The summed E-state index contributed by atoms with van der Waals surface area (Å²) in [7, 11) is 0. The van der Waals surface area contributed by atoms with Crippen molar-refractivity contribution in [3.05, 3.63) is 54.5 Å². The van der Waals surface area contributed by atoms with E-state index in [0.717, 1.165) is 37.6 Å². The van der Waals surface area contributed by atoms with E-state index in [2.05, 4.69) is 21.2 Å². The van der Waals surface area contributed by atoms with Gasteiger partial charge in [0, 0.05) is 18.8 Å². The highest BCUT2D eigenvalue weighted by Gasteiger charge is 2.23. The summed E-state index contributed by atoms with van der Waals surface area (Å²) in [5.41, 5.74) is 0.708. The highest BCUT2D eigenvalue weighted by atomic mass is 32.2. The fourth-order valence-electron chi connectivity index (χ4n) is 3.44. The molecule has 154 valence electrons. The Morgan fingerprint density at radius 3 is 2.67 bits per heavy atom. The normalized spacial score (nSPS) is 13.4. The SMILES string of the molecule is N#CCN(C(=O)CSc1nnc(N2CCCC2)n1Cc1ccco1)c1ccccc1. The summed E-state index contributed by atoms with van der Waals surface area (Å²) >= 11 is 1.33. The molecule has 1 amide bonds. The van der Waals surface area contributed by atoms with Gasteiger partial charge in [0.2, 0.25) is 11.9 Å². The second-order valence-corrected chi connectivity index (χ2v) is 7.85. The molecule has 0 radical (unpaired) electrons. The molecule has 0 atom stereocenters. The lowest BCUT2D eigenvalue weighted by Crippen LogP contribution is -2.32. The van der Waals surface area contributed by atoms with Crippen LogP contribution in [0.5, 0.6) is 0 Å². The number of para-hydroxylation sites is 1. The number of furan rings is 1. The van der Waals surface area contributed by atoms with Crippen LogP contribution in [0.2, 0.25) is 0 Å². The average Bonchev–Trinajstić information content (AvgIpc) is 3.53. The Morgan fingerprint density at radius 2 is 1.97 bits per heavy atom. The third kappa shape index (κ3) is 4.49. The lowest BCUT2D eigenvalue weighted by Gasteiger charge is -2.20. The number of aromatic nitrogens is 3. The predicted octanol–water partition coefficient (Wildman–Crippen LogP) is 3.17. The summed E-state index contributed by atoms with van der Waals surface area (Å²) in [6, 6.07) is 15.1. The van der Waals surface area contributed by atoms with Crippen LogP contribution in [0.3, 0.4) is 0 Å². The van der Waals surface area contributed by atoms with Crippen LogP contribution in [0.25, 0.3) is 0 Å². The van der Waals surface area contributed by atoms with Gasteiger partial charge in [-0.05, 0) is 37.1 Å². The molecule has 30 heavy (non-hydrogen) atoms. The molecule has 1 saturated heterocycles. The number of benzene rings is 1. The first kappa shape index (κ1) is 20.0. The average molecular weight is 423 g/mol. The van der Waals surface area contributed by atoms with Crippen LogP contribution < -0.4 is 9.80 Å². The molecule has 3 aromatic rings. The number of thioether (sulfide) groups is 1. The van der Waals surface area contributed by atoms with E-state index in [1.165, 1.54) is 16.7 Å². The maximum atomic E-state index is 12.9. The number of amides is 1. The van der Waals surface area contributed by atoms with Crippen LogP contribution in [-0.4, -0.2) is 46.1 Å². The molecule has 1 aliphatic rings. The van der Waals surface area contributed by atoms with Crippen LogP contribution in [-0.2, 0) is 11.3 Å². The smallest absolute Gasteiger partial charge is 0.238 e. The minimum Gasteiger partial charge on any atom is -0.467 e. The zero-order valence-corrected chi connectivity index (χ0v) is 17.3. The molecule has 8 nitrogen and oxygen atoms in total. The third-order valence-corrected chi connectivity index (χ3v) is 5.85. The number of carbonyl (C=O) groups is 1. The van der Waals surface area contributed by atoms with Crippen molar-refractivity contribution in [2.45, 2.75) is 24.5 Å². The van der Waals surface area contributed by atoms with Crippen molar-refractivity contribution < 1.29 is 9.21 Å². The number of hydrogen-bond acceptors (Lipinski definition) is 7. The number of hydrogen-bond donors (Lipinski definition) is 0. The summed E-state index contributed by atoms with van der Waals surface area (Å²) in [6.07, 6.45) is 3.91. The minimum absolute atomic E-state index is 0.00151. The second kappa shape index (κ2) is 9.50. The number of carbonyl (C=O) groups excluding carboxylic acids is 1. The molecule has 1 fully saturated rings. The Labute approximate surface area is 179 Å². The largest absolute Gasteiger partial charge is 0.467 e.